The zero-order chi connectivity index (χ0) is 17.9. The second-order valence-corrected chi connectivity index (χ2v) is 6.76. The van der Waals surface area contributed by atoms with Crippen LogP contribution in [0.1, 0.15) is 5.56 Å². The second kappa shape index (κ2) is 7.22. The highest BCUT2D eigenvalue weighted by Crippen LogP contribution is 2.15. The predicted molar refractivity (Wildman–Crippen MR) is 98.8 cm³/mol. The maximum absolute atomic E-state index is 12.4. The Morgan fingerprint density at radius 1 is 1.23 bits per heavy atom. The molecule has 134 valence electrons. The van der Waals surface area contributed by atoms with Crippen molar-refractivity contribution in [2.24, 2.45) is 0 Å². The van der Waals surface area contributed by atoms with Gasteiger partial charge in [-0.1, -0.05) is 0 Å². The van der Waals surface area contributed by atoms with E-state index in [0.717, 1.165) is 40.0 Å². The Kier molecular flexibility index (Phi) is 4.63. The van der Waals surface area contributed by atoms with Crippen LogP contribution in [0.2, 0.25) is 0 Å². The van der Waals surface area contributed by atoms with Gasteiger partial charge in [-0.25, -0.2) is 14.8 Å². The fourth-order valence-electron chi connectivity index (χ4n) is 2.78. The van der Waals surface area contributed by atoms with Crippen molar-refractivity contribution in [2.45, 2.75) is 6.54 Å². The van der Waals surface area contributed by atoms with Gasteiger partial charge in [0.15, 0.2) is 0 Å². The number of nitrogens with zero attached hydrogens (tertiary/aromatic N) is 4. The van der Waals surface area contributed by atoms with Crippen molar-refractivity contribution >= 4 is 33.6 Å². The number of aromatic nitrogens is 3. The average molecular weight is 371 g/mol. The van der Waals surface area contributed by atoms with E-state index in [1.54, 1.807) is 24.5 Å². The molecule has 8 nitrogen and oxygen atoms in total. The molecule has 9 heteroatoms. The smallest absolute Gasteiger partial charge is 0.338 e. The number of carbonyl (C=O) groups excluding carboxylic acids is 1. The molecule has 1 N–H and O–H groups in total. The quantitative estimate of drug-likeness (QED) is 0.750. The number of fused-ring (bicyclic) bond motifs is 1. The summed E-state index contributed by atoms with van der Waals surface area (Å²) in [5.41, 5.74) is 0.571. The number of ether oxygens (including phenoxy) is 1. The van der Waals surface area contributed by atoms with Gasteiger partial charge in [0.1, 0.15) is 10.6 Å². The Hall–Kier alpha value is -2.78. The molecule has 0 bridgehead atoms. The lowest BCUT2D eigenvalue weighted by atomic mass is 10.2. The molecule has 1 amide bonds. The molecule has 4 heterocycles. The molecule has 3 aromatic rings. The molecule has 26 heavy (non-hydrogen) atoms. The first-order valence-electron chi connectivity index (χ1n) is 8.25. The minimum absolute atomic E-state index is 0.312. The van der Waals surface area contributed by atoms with Gasteiger partial charge < -0.3 is 15.0 Å². The lowest BCUT2D eigenvalue weighted by Gasteiger charge is -2.28. The topological polar surface area (TPSA) is 89.3 Å². The van der Waals surface area contributed by atoms with E-state index >= 15 is 0 Å². The third-order valence-corrected chi connectivity index (χ3v) is 5.15. The van der Waals surface area contributed by atoms with E-state index in [0.29, 0.717) is 30.0 Å². The first-order valence-corrected chi connectivity index (χ1v) is 9.02. The molecule has 0 spiro atoms. The summed E-state index contributed by atoms with van der Waals surface area (Å²) in [5, 5.41) is 3.23. The van der Waals surface area contributed by atoms with Crippen LogP contribution in [0.15, 0.2) is 41.5 Å². The van der Waals surface area contributed by atoms with Crippen molar-refractivity contribution in [2.75, 3.05) is 31.2 Å². The van der Waals surface area contributed by atoms with Crippen LogP contribution in [0.25, 0.3) is 10.2 Å². The maximum Gasteiger partial charge on any atom is 0.338 e. The van der Waals surface area contributed by atoms with Gasteiger partial charge in [-0.15, -0.1) is 0 Å². The van der Waals surface area contributed by atoms with Crippen molar-refractivity contribution in [3.05, 3.63) is 52.6 Å². The van der Waals surface area contributed by atoms with E-state index in [4.69, 9.17) is 4.74 Å². The molecule has 0 atom stereocenters. The number of carbonyl (C=O) groups is 1. The third kappa shape index (κ3) is 3.31. The number of pyridine rings is 2. The zero-order valence-corrected chi connectivity index (χ0v) is 14.7. The molecule has 0 radical (unpaired) electrons. The summed E-state index contributed by atoms with van der Waals surface area (Å²) in [7, 11) is 0. The molecule has 1 fully saturated rings. The highest BCUT2D eigenvalue weighted by molar-refractivity contribution is 7.14. The van der Waals surface area contributed by atoms with E-state index < -0.39 is 6.03 Å². The Labute approximate surface area is 153 Å². The van der Waals surface area contributed by atoms with E-state index in [9.17, 15) is 9.59 Å². The number of morpholine rings is 1. The van der Waals surface area contributed by atoms with Gasteiger partial charge in [0.05, 0.1) is 18.6 Å². The van der Waals surface area contributed by atoms with Crippen LogP contribution in [0.5, 0.6) is 0 Å². The van der Waals surface area contributed by atoms with Gasteiger partial charge in [0.2, 0.25) is 0 Å². The number of hydrogen-bond acceptors (Lipinski definition) is 7. The molecule has 1 saturated heterocycles. The zero-order valence-electron chi connectivity index (χ0n) is 13.9. The van der Waals surface area contributed by atoms with E-state index in [1.807, 2.05) is 12.1 Å². The summed E-state index contributed by atoms with van der Waals surface area (Å²) in [6.45, 7) is 3.28. The van der Waals surface area contributed by atoms with Crippen LogP contribution >= 0.6 is 11.5 Å². The predicted octanol–water partition coefficient (Wildman–Crippen LogP) is 1.45. The minimum atomic E-state index is -0.456. The lowest BCUT2D eigenvalue weighted by Crippen LogP contribution is -2.37. The Morgan fingerprint density at radius 2 is 2.08 bits per heavy atom. The Balaban J connectivity index is 1.47. The maximum atomic E-state index is 12.4. The SMILES string of the molecule is O=C(NCc1ccnc(N2CCOCC2)c1)n1sc2ncccc2c1=O. The molecular formula is C17H17N5O3S. The van der Waals surface area contributed by atoms with Gasteiger partial charge >= 0.3 is 6.03 Å². The Bertz CT molecular complexity index is 993. The van der Waals surface area contributed by atoms with Gasteiger partial charge in [0.25, 0.3) is 5.56 Å². The molecule has 4 rings (SSSR count). The summed E-state index contributed by atoms with van der Waals surface area (Å²) >= 11 is 1.04. The molecule has 3 aromatic heterocycles. The van der Waals surface area contributed by atoms with Gasteiger partial charge in [-0.05, 0) is 41.4 Å². The number of rotatable bonds is 3. The lowest BCUT2D eigenvalue weighted by molar-refractivity contribution is 0.122. The van der Waals surface area contributed by atoms with Gasteiger partial charge in [0, 0.05) is 32.0 Å². The molecule has 1 aliphatic rings. The summed E-state index contributed by atoms with van der Waals surface area (Å²) in [4.78, 5) is 35.9. The van der Waals surface area contributed by atoms with E-state index in [1.165, 1.54) is 0 Å². The number of amides is 1. The summed E-state index contributed by atoms with van der Waals surface area (Å²) < 4.78 is 6.45. The monoisotopic (exact) mass is 371 g/mol. The van der Waals surface area contributed by atoms with Gasteiger partial charge in [-0.3, -0.25) is 4.79 Å². The fourth-order valence-corrected chi connectivity index (χ4v) is 3.65. The second-order valence-electron chi connectivity index (χ2n) is 5.83. The number of hydrogen-bond donors (Lipinski definition) is 1. The highest BCUT2D eigenvalue weighted by atomic mass is 32.1. The first kappa shape index (κ1) is 16.7. The number of nitrogens with one attached hydrogen (secondary N) is 1. The van der Waals surface area contributed by atoms with Gasteiger partial charge in [-0.2, -0.15) is 3.96 Å². The standard InChI is InChI=1S/C17H17N5O3S/c23-16-13-2-1-4-19-15(13)26-22(16)17(24)20-11-12-3-5-18-14(10-12)21-6-8-25-9-7-21/h1-5,10H,6-9,11H2,(H,20,24). The largest absolute Gasteiger partial charge is 0.378 e. The van der Waals surface area contributed by atoms with Crippen molar-refractivity contribution in [1.29, 1.82) is 0 Å². The fraction of sp³-hybridized carbons (Fsp3) is 0.294. The summed E-state index contributed by atoms with van der Waals surface area (Å²) in [6, 6.07) is 6.69. The number of anilines is 1. The van der Waals surface area contributed by atoms with Crippen LogP contribution in [0.4, 0.5) is 10.6 Å². The first-order chi connectivity index (χ1) is 12.7. The van der Waals surface area contributed by atoms with Crippen LogP contribution in [0.3, 0.4) is 0 Å². The van der Waals surface area contributed by atoms with Crippen LogP contribution < -0.4 is 15.8 Å². The van der Waals surface area contributed by atoms with Crippen molar-refractivity contribution in [3.8, 4) is 0 Å². The van der Waals surface area contributed by atoms with E-state index in [2.05, 4.69) is 20.2 Å². The van der Waals surface area contributed by atoms with Crippen molar-refractivity contribution < 1.29 is 9.53 Å². The molecule has 1 aliphatic heterocycles. The summed E-state index contributed by atoms with van der Waals surface area (Å²) in [6.07, 6.45) is 3.33. The van der Waals surface area contributed by atoms with Crippen LogP contribution in [-0.4, -0.2) is 46.3 Å². The third-order valence-electron chi connectivity index (χ3n) is 4.14. The van der Waals surface area contributed by atoms with Crippen molar-refractivity contribution in [1.82, 2.24) is 19.2 Å². The minimum Gasteiger partial charge on any atom is -0.378 e. The van der Waals surface area contributed by atoms with E-state index in [-0.39, 0.29) is 5.56 Å². The average Bonchev–Trinajstić information content (AvgIpc) is 3.04. The molecule has 0 aliphatic carbocycles. The van der Waals surface area contributed by atoms with Crippen LogP contribution in [0, 0.1) is 0 Å². The molecular weight excluding hydrogens is 354 g/mol. The molecule has 0 unspecified atom stereocenters. The molecule has 0 aromatic carbocycles. The van der Waals surface area contributed by atoms with Crippen LogP contribution in [-0.2, 0) is 11.3 Å². The highest BCUT2D eigenvalue weighted by Gasteiger charge is 2.15. The summed E-state index contributed by atoms with van der Waals surface area (Å²) in [5.74, 6) is 0.864. The van der Waals surface area contributed by atoms with Crippen molar-refractivity contribution in [3.63, 3.8) is 0 Å². The molecule has 0 saturated carbocycles. The normalized spacial score (nSPS) is 14.5. The Morgan fingerprint density at radius 3 is 2.88 bits per heavy atom.